The van der Waals surface area contributed by atoms with Crippen molar-refractivity contribution in [3.63, 3.8) is 0 Å². The molecular formula is C7H17O4SSi+. The Bertz CT molecular complexity index is 127. The summed E-state index contributed by atoms with van der Waals surface area (Å²) in [6, 6.07) is 0. The second kappa shape index (κ2) is 7.51. The van der Waals surface area contributed by atoms with Crippen LogP contribution < -0.4 is 0 Å². The molecule has 78 valence electrons. The van der Waals surface area contributed by atoms with Gasteiger partial charge in [-0.1, -0.05) is 0 Å². The van der Waals surface area contributed by atoms with Crippen molar-refractivity contribution in [1.29, 1.82) is 0 Å². The van der Waals surface area contributed by atoms with Crippen molar-refractivity contribution >= 4 is 20.5 Å². The van der Waals surface area contributed by atoms with E-state index in [-0.39, 0.29) is 5.38 Å². The molecule has 0 aromatic heterocycles. The lowest BCUT2D eigenvalue weighted by atomic mass is 10.9. The number of hydrogen-bond acceptors (Lipinski definition) is 4. The molecule has 0 aliphatic carbocycles. The molecule has 0 unspecified atom stereocenters. The van der Waals surface area contributed by atoms with E-state index >= 15 is 0 Å². The van der Waals surface area contributed by atoms with Gasteiger partial charge in [-0.3, -0.25) is 0 Å². The van der Waals surface area contributed by atoms with Gasteiger partial charge in [0.1, 0.15) is 0 Å². The van der Waals surface area contributed by atoms with Crippen LogP contribution in [0.1, 0.15) is 20.8 Å². The van der Waals surface area contributed by atoms with E-state index in [1.807, 2.05) is 20.8 Å². The van der Waals surface area contributed by atoms with E-state index in [0.717, 1.165) is 0 Å². The molecule has 0 N–H and O–H groups in total. The molecule has 0 amide bonds. The van der Waals surface area contributed by atoms with Crippen LogP contribution in [0.4, 0.5) is 0 Å². The highest BCUT2D eigenvalue weighted by Crippen LogP contribution is 2.09. The summed E-state index contributed by atoms with van der Waals surface area (Å²) in [5.41, 5.74) is 0. The van der Waals surface area contributed by atoms with Gasteiger partial charge in [0.25, 0.3) is 5.38 Å². The molecule has 0 heterocycles. The first kappa shape index (κ1) is 13.1. The summed E-state index contributed by atoms with van der Waals surface area (Å²) >= 11 is 0.465. The fourth-order valence-electron chi connectivity index (χ4n) is 0.982. The van der Waals surface area contributed by atoms with Gasteiger partial charge in [-0.2, -0.15) is 0 Å². The minimum atomic E-state index is -2.65. The standard InChI is InChI=1S/C7H17O4SSi/c1-4-9-13(7-12-8,10-5-2)11-6-3/h4-7H2,1-3H3/q+1. The molecular weight excluding hydrogens is 208 g/mol. The summed E-state index contributed by atoms with van der Waals surface area (Å²) in [6.07, 6.45) is 0. The van der Waals surface area contributed by atoms with Gasteiger partial charge in [-0.05, 0) is 20.8 Å². The van der Waals surface area contributed by atoms with Crippen LogP contribution in [0, 0.1) is 0 Å². The summed E-state index contributed by atoms with van der Waals surface area (Å²) in [7, 11) is -2.65. The van der Waals surface area contributed by atoms with E-state index < -0.39 is 8.80 Å². The normalized spacial score (nSPS) is 11.6. The van der Waals surface area contributed by atoms with Crippen molar-refractivity contribution in [3.05, 3.63) is 0 Å². The summed E-state index contributed by atoms with van der Waals surface area (Å²) in [6.45, 7) is 7.17. The average molecular weight is 225 g/mol. The van der Waals surface area contributed by atoms with Gasteiger partial charge >= 0.3 is 20.5 Å². The maximum atomic E-state index is 10.5. The van der Waals surface area contributed by atoms with E-state index in [9.17, 15) is 4.21 Å². The molecule has 0 aromatic carbocycles. The van der Waals surface area contributed by atoms with Crippen LogP contribution >= 0.6 is 0 Å². The van der Waals surface area contributed by atoms with Gasteiger partial charge in [0.05, 0.1) is 0 Å². The Morgan fingerprint density at radius 3 is 1.62 bits per heavy atom. The van der Waals surface area contributed by atoms with Crippen LogP contribution in [-0.2, 0) is 29.2 Å². The first-order chi connectivity index (χ1) is 6.24. The second-order valence-electron chi connectivity index (χ2n) is 2.24. The molecule has 0 aromatic rings. The molecule has 0 rings (SSSR count). The van der Waals surface area contributed by atoms with Crippen molar-refractivity contribution in [2.75, 3.05) is 25.2 Å². The second-order valence-corrected chi connectivity index (χ2v) is 5.87. The fraction of sp³-hybridized carbons (Fsp3) is 1.00. The zero-order valence-corrected chi connectivity index (χ0v) is 10.2. The largest absolute Gasteiger partial charge is 0.568 e. The maximum Gasteiger partial charge on any atom is 0.568 e. The average Bonchev–Trinajstić information content (AvgIpc) is 2.06. The molecule has 0 saturated heterocycles. The molecule has 0 radical (unpaired) electrons. The minimum absolute atomic E-state index is 0.280. The van der Waals surface area contributed by atoms with Gasteiger partial charge in [0.2, 0.25) is 0 Å². The summed E-state index contributed by atoms with van der Waals surface area (Å²) in [4.78, 5) is 0. The van der Waals surface area contributed by atoms with Crippen molar-refractivity contribution in [2.24, 2.45) is 0 Å². The summed E-state index contributed by atoms with van der Waals surface area (Å²) < 4.78 is 26.8. The van der Waals surface area contributed by atoms with Crippen LogP contribution in [0.25, 0.3) is 0 Å². The Balaban J connectivity index is 4.27. The third-order valence-corrected chi connectivity index (χ3v) is 5.40. The highest BCUT2D eigenvalue weighted by molar-refractivity contribution is 7.67. The van der Waals surface area contributed by atoms with Gasteiger partial charge in [-0.15, -0.1) is 0 Å². The van der Waals surface area contributed by atoms with Crippen LogP contribution in [0.15, 0.2) is 0 Å². The van der Waals surface area contributed by atoms with Crippen LogP contribution in [0.5, 0.6) is 0 Å². The Kier molecular flexibility index (Phi) is 7.58. The van der Waals surface area contributed by atoms with E-state index in [1.165, 1.54) is 0 Å². The molecule has 0 aliphatic rings. The third kappa shape index (κ3) is 4.77. The Labute approximate surface area is 84.4 Å². The predicted molar refractivity (Wildman–Crippen MR) is 53.6 cm³/mol. The Morgan fingerprint density at radius 1 is 1.00 bits per heavy atom. The van der Waals surface area contributed by atoms with Crippen LogP contribution in [-0.4, -0.2) is 34.0 Å². The molecule has 0 aliphatic heterocycles. The fourth-order valence-corrected chi connectivity index (χ4v) is 4.13. The van der Waals surface area contributed by atoms with Gasteiger partial charge in [-0.25, -0.2) is 0 Å². The quantitative estimate of drug-likeness (QED) is 0.457. The van der Waals surface area contributed by atoms with Crippen molar-refractivity contribution in [1.82, 2.24) is 0 Å². The molecule has 13 heavy (non-hydrogen) atoms. The number of rotatable bonds is 8. The van der Waals surface area contributed by atoms with E-state index in [0.29, 0.717) is 31.5 Å². The zero-order valence-electron chi connectivity index (χ0n) is 8.37. The molecule has 0 saturated carbocycles. The molecule has 0 fully saturated rings. The van der Waals surface area contributed by atoms with E-state index in [1.54, 1.807) is 0 Å². The summed E-state index contributed by atoms with van der Waals surface area (Å²) in [5.74, 6) is 0. The molecule has 0 bridgehead atoms. The minimum Gasteiger partial charge on any atom is -0.371 e. The number of hydrogen-bond donors (Lipinski definition) is 0. The lowest BCUT2D eigenvalue weighted by molar-refractivity contribution is 0.0772. The van der Waals surface area contributed by atoms with Crippen molar-refractivity contribution < 1.29 is 17.5 Å². The Morgan fingerprint density at radius 2 is 1.38 bits per heavy atom. The third-order valence-electron chi connectivity index (χ3n) is 1.33. The maximum absolute atomic E-state index is 10.5. The van der Waals surface area contributed by atoms with E-state index in [4.69, 9.17) is 13.3 Å². The molecule has 4 nitrogen and oxygen atoms in total. The topological polar surface area (TPSA) is 44.8 Å². The van der Waals surface area contributed by atoms with Crippen LogP contribution in [0.3, 0.4) is 0 Å². The predicted octanol–water partition coefficient (Wildman–Crippen LogP) is 1.00. The first-order valence-corrected chi connectivity index (χ1v) is 7.25. The lowest BCUT2D eigenvalue weighted by Gasteiger charge is -2.22. The van der Waals surface area contributed by atoms with Crippen molar-refractivity contribution in [2.45, 2.75) is 20.8 Å². The first-order valence-electron chi connectivity index (χ1n) is 4.41. The smallest absolute Gasteiger partial charge is 0.371 e. The van der Waals surface area contributed by atoms with Crippen molar-refractivity contribution in [3.8, 4) is 0 Å². The lowest BCUT2D eigenvalue weighted by Crippen LogP contribution is -2.49. The molecule has 0 atom stereocenters. The van der Waals surface area contributed by atoms with Gasteiger partial charge in [0.15, 0.2) is 0 Å². The summed E-state index contributed by atoms with van der Waals surface area (Å²) in [5, 5.41) is 0.280. The highest BCUT2D eigenvalue weighted by Gasteiger charge is 2.47. The monoisotopic (exact) mass is 225 g/mol. The van der Waals surface area contributed by atoms with E-state index in [2.05, 4.69) is 0 Å². The SMILES string of the molecule is CCO[Si](C[S+]=O)(OCC)OCC. The highest BCUT2D eigenvalue weighted by atomic mass is 32.1. The van der Waals surface area contributed by atoms with Gasteiger partial charge in [0, 0.05) is 24.0 Å². The Hall–Kier alpha value is 0.117. The molecule has 0 spiro atoms. The zero-order chi connectivity index (χ0) is 10.2. The van der Waals surface area contributed by atoms with Gasteiger partial charge < -0.3 is 13.3 Å². The van der Waals surface area contributed by atoms with Crippen LogP contribution in [0.2, 0.25) is 0 Å². The molecule has 6 heteroatoms.